The first-order valence-corrected chi connectivity index (χ1v) is 8.54. The maximum absolute atomic E-state index is 4.84. The molecule has 3 nitrogen and oxygen atoms in total. The van der Waals surface area contributed by atoms with Crippen molar-refractivity contribution in [2.45, 2.75) is 72.8 Å². The second-order valence-electron chi connectivity index (χ2n) is 7.25. The van der Waals surface area contributed by atoms with Crippen LogP contribution in [0.2, 0.25) is 0 Å². The van der Waals surface area contributed by atoms with E-state index in [1.807, 2.05) is 0 Å². The summed E-state index contributed by atoms with van der Waals surface area (Å²) in [4.78, 5) is 9.60. The molecule has 0 saturated carbocycles. The van der Waals surface area contributed by atoms with E-state index in [-0.39, 0.29) is 0 Å². The molecular weight excluding hydrogens is 258 g/mol. The highest BCUT2D eigenvalue weighted by Gasteiger charge is 2.22. The Morgan fingerprint density at radius 3 is 2.62 bits per heavy atom. The molecule has 1 unspecified atom stereocenters. The highest BCUT2D eigenvalue weighted by Crippen LogP contribution is 2.26. The quantitative estimate of drug-likeness (QED) is 0.871. The van der Waals surface area contributed by atoms with Crippen LogP contribution in [0.1, 0.15) is 63.3 Å². The Labute approximate surface area is 130 Å². The molecule has 1 aliphatic rings. The highest BCUT2D eigenvalue weighted by atomic mass is 14.9. The van der Waals surface area contributed by atoms with E-state index in [2.05, 4.69) is 39.9 Å². The fourth-order valence-corrected chi connectivity index (χ4v) is 3.03. The van der Waals surface area contributed by atoms with Gasteiger partial charge in [-0.3, -0.25) is 0 Å². The molecule has 0 amide bonds. The maximum atomic E-state index is 4.84. The van der Waals surface area contributed by atoms with Crippen molar-refractivity contribution < 1.29 is 0 Å². The van der Waals surface area contributed by atoms with E-state index < -0.39 is 0 Å². The van der Waals surface area contributed by atoms with Gasteiger partial charge in [-0.1, -0.05) is 27.7 Å². The van der Waals surface area contributed by atoms with Crippen LogP contribution >= 0.6 is 0 Å². The Balaban J connectivity index is 2.04. The summed E-state index contributed by atoms with van der Waals surface area (Å²) >= 11 is 0. The van der Waals surface area contributed by atoms with Crippen LogP contribution in [0.3, 0.4) is 0 Å². The molecule has 0 aliphatic heterocycles. The van der Waals surface area contributed by atoms with Gasteiger partial charge in [0, 0.05) is 23.9 Å². The van der Waals surface area contributed by atoms with Crippen molar-refractivity contribution in [3.63, 3.8) is 0 Å². The van der Waals surface area contributed by atoms with Crippen molar-refractivity contribution in [1.82, 2.24) is 15.3 Å². The minimum atomic E-state index is 0.571. The Bertz CT molecular complexity index is 466. The van der Waals surface area contributed by atoms with Crippen LogP contribution in [0.4, 0.5) is 0 Å². The molecule has 0 fully saturated rings. The molecule has 1 heterocycles. The van der Waals surface area contributed by atoms with Crippen molar-refractivity contribution >= 4 is 0 Å². The van der Waals surface area contributed by atoms with Gasteiger partial charge < -0.3 is 5.32 Å². The average molecular weight is 289 g/mol. The summed E-state index contributed by atoms with van der Waals surface area (Å²) in [5.41, 5.74) is 3.96. The lowest BCUT2D eigenvalue weighted by atomic mass is 9.85. The lowest BCUT2D eigenvalue weighted by Crippen LogP contribution is -2.32. The fraction of sp³-hybridized carbons (Fsp3) is 0.778. The molecule has 0 bridgehead atoms. The molecule has 1 N–H and O–H groups in total. The summed E-state index contributed by atoms with van der Waals surface area (Å²) < 4.78 is 0. The van der Waals surface area contributed by atoms with Crippen LogP contribution in [0.5, 0.6) is 0 Å². The SMILES string of the molecule is Cc1nc(CCC(C)C)nc2c1CC(CNC(C)C)CC2. The Morgan fingerprint density at radius 2 is 1.95 bits per heavy atom. The number of hydrogen-bond donors (Lipinski definition) is 1. The first kappa shape index (κ1) is 16.4. The van der Waals surface area contributed by atoms with Gasteiger partial charge in [0.2, 0.25) is 0 Å². The van der Waals surface area contributed by atoms with Crippen molar-refractivity contribution in [3.8, 4) is 0 Å². The maximum Gasteiger partial charge on any atom is 0.128 e. The van der Waals surface area contributed by atoms with Gasteiger partial charge in [0.25, 0.3) is 0 Å². The van der Waals surface area contributed by atoms with Gasteiger partial charge in [0.15, 0.2) is 0 Å². The summed E-state index contributed by atoms with van der Waals surface area (Å²) in [6, 6.07) is 0.571. The number of fused-ring (bicyclic) bond motifs is 1. The molecule has 3 heteroatoms. The Morgan fingerprint density at radius 1 is 1.19 bits per heavy atom. The van der Waals surface area contributed by atoms with Crippen molar-refractivity contribution in [2.75, 3.05) is 6.54 Å². The summed E-state index contributed by atoms with van der Waals surface area (Å²) in [5.74, 6) is 2.51. The molecule has 0 saturated heterocycles. The standard InChI is InChI=1S/C18H31N3/c1-12(2)6-9-18-20-14(5)16-10-15(11-19-13(3)4)7-8-17(16)21-18/h12-13,15,19H,6-11H2,1-5H3. The topological polar surface area (TPSA) is 37.8 Å². The third kappa shape index (κ3) is 4.77. The lowest BCUT2D eigenvalue weighted by molar-refractivity contribution is 0.400. The molecule has 1 aromatic rings. The molecule has 118 valence electrons. The van der Waals surface area contributed by atoms with E-state index >= 15 is 0 Å². The molecule has 0 radical (unpaired) electrons. The van der Waals surface area contributed by atoms with Crippen LogP contribution in [0, 0.1) is 18.8 Å². The predicted molar refractivity (Wildman–Crippen MR) is 88.6 cm³/mol. The largest absolute Gasteiger partial charge is 0.314 e. The van der Waals surface area contributed by atoms with Crippen molar-refractivity contribution in [2.24, 2.45) is 11.8 Å². The number of nitrogens with one attached hydrogen (secondary N) is 1. The van der Waals surface area contributed by atoms with E-state index in [1.54, 1.807) is 0 Å². The predicted octanol–water partition coefficient (Wildman–Crippen LogP) is 3.48. The molecule has 1 atom stereocenters. The lowest BCUT2D eigenvalue weighted by Gasteiger charge is -2.26. The Hall–Kier alpha value is -0.960. The van der Waals surface area contributed by atoms with E-state index in [0.29, 0.717) is 6.04 Å². The van der Waals surface area contributed by atoms with E-state index in [1.165, 1.54) is 29.8 Å². The summed E-state index contributed by atoms with van der Waals surface area (Å²) in [6.45, 7) is 12.2. The average Bonchev–Trinajstić information content (AvgIpc) is 2.43. The monoisotopic (exact) mass is 289 g/mol. The van der Waals surface area contributed by atoms with Gasteiger partial charge in [-0.05, 0) is 56.6 Å². The molecule has 1 aromatic heterocycles. The summed E-state index contributed by atoms with van der Waals surface area (Å²) in [5, 5.41) is 3.57. The number of aromatic nitrogens is 2. The van der Waals surface area contributed by atoms with Gasteiger partial charge in [-0.25, -0.2) is 9.97 Å². The number of nitrogens with zero attached hydrogens (tertiary/aromatic N) is 2. The number of aryl methyl sites for hydroxylation is 3. The zero-order chi connectivity index (χ0) is 15.4. The molecular formula is C18H31N3. The van der Waals surface area contributed by atoms with Crippen LogP contribution in [0.25, 0.3) is 0 Å². The molecule has 1 aliphatic carbocycles. The van der Waals surface area contributed by atoms with Crippen molar-refractivity contribution in [1.29, 1.82) is 0 Å². The molecule has 21 heavy (non-hydrogen) atoms. The van der Waals surface area contributed by atoms with Crippen LogP contribution in [-0.2, 0) is 19.3 Å². The highest BCUT2D eigenvalue weighted by molar-refractivity contribution is 5.28. The minimum absolute atomic E-state index is 0.571. The third-order valence-electron chi connectivity index (χ3n) is 4.39. The smallest absolute Gasteiger partial charge is 0.128 e. The van der Waals surface area contributed by atoms with Gasteiger partial charge in [-0.15, -0.1) is 0 Å². The van der Waals surface area contributed by atoms with Gasteiger partial charge in [0.05, 0.1) is 0 Å². The van der Waals surface area contributed by atoms with Crippen LogP contribution in [-0.4, -0.2) is 22.6 Å². The Kier molecular flexibility index (Phi) is 5.74. The van der Waals surface area contributed by atoms with Crippen LogP contribution < -0.4 is 5.32 Å². The first-order chi connectivity index (χ1) is 9.95. The minimum Gasteiger partial charge on any atom is -0.314 e. The van der Waals surface area contributed by atoms with Gasteiger partial charge in [0.1, 0.15) is 5.82 Å². The van der Waals surface area contributed by atoms with Crippen molar-refractivity contribution in [3.05, 3.63) is 22.8 Å². The summed E-state index contributed by atoms with van der Waals surface area (Å²) in [6.07, 6.45) is 5.72. The van der Waals surface area contributed by atoms with Gasteiger partial charge >= 0.3 is 0 Å². The van der Waals surface area contributed by atoms with E-state index in [0.717, 1.165) is 43.5 Å². The van der Waals surface area contributed by atoms with Gasteiger partial charge in [-0.2, -0.15) is 0 Å². The number of hydrogen-bond acceptors (Lipinski definition) is 3. The zero-order valence-electron chi connectivity index (χ0n) is 14.4. The molecule has 2 rings (SSSR count). The fourth-order valence-electron chi connectivity index (χ4n) is 3.03. The molecule has 0 aromatic carbocycles. The molecule has 0 spiro atoms. The normalized spacial score (nSPS) is 18.3. The van der Waals surface area contributed by atoms with E-state index in [4.69, 9.17) is 9.97 Å². The second kappa shape index (κ2) is 7.35. The summed E-state index contributed by atoms with van der Waals surface area (Å²) in [7, 11) is 0. The third-order valence-corrected chi connectivity index (χ3v) is 4.39. The number of rotatable bonds is 6. The first-order valence-electron chi connectivity index (χ1n) is 8.54. The van der Waals surface area contributed by atoms with Crippen LogP contribution in [0.15, 0.2) is 0 Å². The second-order valence-corrected chi connectivity index (χ2v) is 7.25. The van der Waals surface area contributed by atoms with E-state index in [9.17, 15) is 0 Å². The zero-order valence-corrected chi connectivity index (χ0v) is 14.4.